The summed E-state index contributed by atoms with van der Waals surface area (Å²) in [5.74, 6) is 0. The minimum absolute atomic E-state index is 0.0424. The predicted molar refractivity (Wildman–Crippen MR) is 71.5 cm³/mol. The summed E-state index contributed by atoms with van der Waals surface area (Å²) in [6.45, 7) is 2.01. The highest BCUT2D eigenvalue weighted by Crippen LogP contribution is 2.20. The average Bonchev–Trinajstić information content (AvgIpc) is 2.32. The third-order valence-corrected chi connectivity index (χ3v) is 3.24. The Morgan fingerprint density at radius 3 is 2.72 bits per heavy atom. The van der Waals surface area contributed by atoms with E-state index in [1.54, 1.807) is 0 Å². The van der Waals surface area contributed by atoms with Crippen molar-refractivity contribution in [1.29, 1.82) is 0 Å². The largest absolute Gasteiger partial charge is 0.446 e. The molecule has 1 saturated carbocycles. The highest BCUT2D eigenvalue weighted by molar-refractivity contribution is 5.84. The molecule has 0 saturated heterocycles. The molecule has 1 aromatic carbocycles. The monoisotopic (exact) mass is 248 g/mol. The number of nitrogens with one attached hydrogen (secondary N) is 1. The molecule has 3 N–H and O–H groups in total. The molecule has 2 rings (SSSR count). The average molecular weight is 248 g/mol. The maximum Gasteiger partial charge on any atom is 0.411 e. The molecule has 4 heteroatoms. The fourth-order valence-corrected chi connectivity index (χ4v) is 2.22. The Balaban J connectivity index is 1.83. The van der Waals surface area contributed by atoms with Crippen LogP contribution >= 0.6 is 0 Å². The van der Waals surface area contributed by atoms with Gasteiger partial charge in [0.1, 0.15) is 6.10 Å². The van der Waals surface area contributed by atoms with Crippen LogP contribution < -0.4 is 11.1 Å². The first-order valence-corrected chi connectivity index (χ1v) is 6.43. The lowest BCUT2D eigenvalue weighted by Crippen LogP contribution is -2.34. The number of carbonyl (C=O) groups is 1. The van der Waals surface area contributed by atoms with Gasteiger partial charge in [0.25, 0.3) is 0 Å². The van der Waals surface area contributed by atoms with Crippen molar-refractivity contribution in [3.8, 4) is 0 Å². The Bertz CT molecular complexity index is 403. The van der Waals surface area contributed by atoms with E-state index in [4.69, 9.17) is 10.5 Å². The Morgan fingerprint density at radius 1 is 1.33 bits per heavy atom. The summed E-state index contributed by atoms with van der Waals surface area (Å²) < 4.78 is 5.37. The summed E-state index contributed by atoms with van der Waals surface area (Å²) >= 11 is 0. The van der Waals surface area contributed by atoms with Crippen LogP contribution in [0.5, 0.6) is 0 Å². The molecule has 2 unspecified atom stereocenters. The fourth-order valence-electron chi connectivity index (χ4n) is 2.22. The van der Waals surface area contributed by atoms with Gasteiger partial charge in [-0.25, -0.2) is 4.79 Å². The highest BCUT2D eigenvalue weighted by Gasteiger charge is 2.22. The molecule has 18 heavy (non-hydrogen) atoms. The molecule has 1 fully saturated rings. The van der Waals surface area contributed by atoms with Crippen molar-refractivity contribution < 1.29 is 9.53 Å². The molecule has 4 nitrogen and oxygen atoms in total. The van der Waals surface area contributed by atoms with Crippen molar-refractivity contribution in [2.45, 2.75) is 44.8 Å². The highest BCUT2D eigenvalue weighted by atomic mass is 16.6. The summed E-state index contributed by atoms with van der Waals surface area (Å²) in [7, 11) is 0. The van der Waals surface area contributed by atoms with Gasteiger partial charge in [-0.1, -0.05) is 17.7 Å². The van der Waals surface area contributed by atoms with Gasteiger partial charge in [-0.15, -0.1) is 0 Å². The summed E-state index contributed by atoms with van der Waals surface area (Å²) in [6, 6.07) is 7.79. The molecule has 0 heterocycles. The van der Waals surface area contributed by atoms with Crippen molar-refractivity contribution in [3.05, 3.63) is 29.8 Å². The van der Waals surface area contributed by atoms with Crippen LogP contribution in [0.1, 0.15) is 31.2 Å². The second kappa shape index (κ2) is 5.87. The summed E-state index contributed by atoms with van der Waals surface area (Å²) in [5.41, 5.74) is 7.77. The molecule has 1 amide bonds. The molecule has 0 aliphatic heterocycles. The molecule has 1 aromatic rings. The van der Waals surface area contributed by atoms with Crippen molar-refractivity contribution in [2.24, 2.45) is 5.73 Å². The number of ether oxygens (including phenoxy) is 1. The van der Waals surface area contributed by atoms with Gasteiger partial charge in [0.2, 0.25) is 0 Å². The quantitative estimate of drug-likeness (QED) is 0.845. The Hall–Kier alpha value is -1.55. The van der Waals surface area contributed by atoms with Crippen LogP contribution in [0.2, 0.25) is 0 Å². The standard InChI is InChI=1S/C14H20N2O2/c1-10-5-7-12(8-6-10)16-14(17)18-13-4-2-3-11(15)9-13/h5-8,11,13H,2-4,9,15H2,1H3,(H,16,17). The first-order valence-electron chi connectivity index (χ1n) is 6.43. The van der Waals surface area contributed by atoms with Crippen LogP contribution in [0.15, 0.2) is 24.3 Å². The minimum atomic E-state index is -0.391. The third-order valence-electron chi connectivity index (χ3n) is 3.24. The first-order chi connectivity index (χ1) is 8.63. The number of hydrogen-bond donors (Lipinski definition) is 2. The number of nitrogens with two attached hydrogens (primary N) is 1. The van der Waals surface area contributed by atoms with E-state index in [1.165, 1.54) is 0 Å². The normalized spacial score (nSPS) is 23.4. The zero-order valence-electron chi connectivity index (χ0n) is 10.7. The van der Waals surface area contributed by atoms with E-state index in [9.17, 15) is 4.79 Å². The second-order valence-corrected chi connectivity index (χ2v) is 4.95. The van der Waals surface area contributed by atoms with E-state index in [2.05, 4.69) is 5.32 Å². The molecular weight excluding hydrogens is 228 g/mol. The van der Waals surface area contributed by atoms with Gasteiger partial charge in [0, 0.05) is 11.7 Å². The van der Waals surface area contributed by atoms with Gasteiger partial charge in [-0.2, -0.15) is 0 Å². The molecule has 0 spiro atoms. The van der Waals surface area contributed by atoms with Gasteiger partial charge < -0.3 is 10.5 Å². The van der Waals surface area contributed by atoms with Crippen molar-refractivity contribution in [1.82, 2.24) is 0 Å². The van der Waals surface area contributed by atoms with Gasteiger partial charge >= 0.3 is 6.09 Å². The molecule has 1 aliphatic rings. The summed E-state index contributed by atoms with van der Waals surface area (Å²) in [6.07, 6.45) is 3.30. The summed E-state index contributed by atoms with van der Waals surface area (Å²) in [5, 5.41) is 2.73. The zero-order valence-corrected chi connectivity index (χ0v) is 10.7. The lowest BCUT2D eigenvalue weighted by molar-refractivity contribution is 0.0811. The van der Waals surface area contributed by atoms with Crippen molar-refractivity contribution in [3.63, 3.8) is 0 Å². The molecule has 0 aromatic heterocycles. The second-order valence-electron chi connectivity index (χ2n) is 4.95. The number of aryl methyl sites for hydroxylation is 1. The molecule has 0 radical (unpaired) electrons. The predicted octanol–water partition coefficient (Wildman–Crippen LogP) is 2.81. The van der Waals surface area contributed by atoms with Crippen LogP contribution in [0.3, 0.4) is 0 Å². The topological polar surface area (TPSA) is 64.3 Å². The van der Waals surface area contributed by atoms with Gasteiger partial charge in [0.05, 0.1) is 0 Å². The number of benzene rings is 1. The van der Waals surface area contributed by atoms with Crippen LogP contribution in [-0.2, 0) is 4.74 Å². The molecular formula is C14H20N2O2. The maximum absolute atomic E-state index is 11.7. The van der Waals surface area contributed by atoms with Crippen LogP contribution in [-0.4, -0.2) is 18.2 Å². The van der Waals surface area contributed by atoms with Crippen molar-refractivity contribution in [2.75, 3.05) is 5.32 Å². The Kier molecular flexibility index (Phi) is 4.20. The lowest BCUT2D eigenvalue weighted by atomic mass is 9.94. The van der Waals surface area contributed by atoms with E-state index < -0.39 is 6.09 Å². The number of hydrogen-bond acceptors (Lipinski definition) is 3. The number of carbonyl (C=O) groups excluding carboxylic acids is 1. The summed E-state index contributed by atoms with van der Waals surface area (Å²) in [4.78, 5) is 11.7. The van der Waals surface area contributed by atoms with Gasteiger partial charge in [0.15, 0.2) is 0 Å². The maximum atomic E-state index is 11.7. The van der Waals surface area contributed by atoms with E-state index in [0.29, 0.717) is 0 Å². The fraction of sp³-hybridized carbons (Fsp3) is 0.500. The van der Waals surface area contributed by atoms with Crippen LogP contribution in [0.25, 0.3) is 0 Å². The number of amides is 1. The lowest BCUT2D eigenvalue weighted by Gasteiger charge is -2.26. The van der Waals surface area contributed by atoms with E-state index in [-0.39, 0.29) is 12.1 Å². The molecule has 2 atom stereocenters. The SMILES string of the molecule is Cc1ccc(NC(=O)OC2CCCC(N)C2)cc1. The van der Waals surface area contributed by atoms with Crippen LogP contribution in [0, 0.1) is 6.92 Å². The van der Waals surface area contributed by atoms with Gasteiger partial charge in [-0.3, -0.25) is 5.32 Å². The first kappa shape index (κ1) is 12.9. The van der Waals surface area contributed by atoms with Gasteiger partial charge in [-0.05, 0) is 44.7 Å². The van der Waals surface area contributed by atoms with E-state index in [0.717, 1.165) is 36.9 Å². The zero-order chi connectivity index (χ0) is 13.0. The van der Waals surface area contributed by atoms with Crippen molar-refractivity contribution >= 4 is 11.8 Å². The number of rotatable bonds is 2. The van der Waals surface area contributed by atoms with Crippen LogP contribution in [0.4, 0.5) is 10.5 Å². The smallest absolute Gasteiger partial charge is 0.411 e. The van der Waals surface area contributed by atoms with E-state index >= 15 is 0 Å². The minimum Gasteiger partial charge on any atom is -0.446 e. The molecule has 98 valence electrons. The third kappa shape index (κ3) is 3.74. The Labute approximate surface area is 108 Å². The van der Waals surface area contributed by atoms with E-state index in [1.807, 2.05) is 31.2 Å². The Morgan fingerprint density at radius 2 is 2.06 bits per heavy atom. The number of anilines is 1. The molecule has 0 bridgehead atoms. The molecule has 1 aliphatic carbocycles.